The second-order valence-corrected chi connectivity index (χ2v) is 5.81. The molecule has 0 atom stereocenters. The second kappa shape index (κ2) is 7.81. The smallest absolute Gasteiger partial charge is 0.229 e. The van der Waals surface area contributed by atoms with Crippen LogP contribution in [-0.2, 0) is 6.54 Å². The van der Waals surface area contributed by atoms with Gasteiger partial charge in [0.1, 0.15) is 11.6 Å². The fraction of sp³-hybridized carbons (Fsp3) is 0.167. The van der Waals surface area contributed by atoms with E-state index in [1.54, 1.807) is 31.8 Å². The van der Waals surface area contributed by atoms with Crippen LogP contribution in [0.1, 0.15) is 11.1 Å². The molecule has 0 unspecified atom stereocenters. The molecule has 0 bridgehead atoms. The predicted molar refractivity (Wildman–Crippen MR) is 99.6 cm³/mol. The SMILES string of the molecule is COc1cc(Cl)c(C)cc1Nc1nccc(NCc2ccncc2)n1. The summed E-state index contributed by atoms with van der Waals surface area (Å²) in [5.41, 5.74) is 2.82. The Bertz CT molecular complexity index is 857. The zero-order valence-corrected chi connectivity index (χ0v) is 14.7. The third-order valence-electron chi connectivity index (χ3n) is 3.61. The van der Waals surface area contributed by atoms with Crippen molar-refractivity contribution in [2.75, 3.05) is 17.7 Å². The molecule has 0 amide bonds. The van der Waals surface area contributed by atoms with Gasteiger partial charge in [-0.15, -0.1) is 0 Å². The number of pyridine rings is 1. The van der Waals surface area contributed by atoms with E-state index in [4.69, 9.17) is 16.3 Å². The van der Waals surface area contributed by atoms with Crippen molar-refractivity contribution < 1.29 is 4.74 Å². The molecule has 0 aliphatic rings. The van der Waals surface area contributed by atoms with Crippen molar-refractivity contribution in [3.63, 3.8) is 0 Å². The Labute approximate surface area is 151 Å². The molecular weight excluding hydrogens is 338 g/mol. The van der Waals surface area contributed by atoms with Gasteiger partial charge in [0.2, 0.25) is 5.95 Å². The minimum atomic E-state index is 0.472. The Kier molecular flexibility index (Phi) is 5.30. The number of nitrogens with zero attached hydrogens (tertiary/aromatic N) is 3. The highest BCUT2D eigenvalue weighted by Gasteiger charge is 2.09. The highest BCUT2D eigenvalue weighted by atomic mass is 35.5. The molecule has 25 heavy (non-hydrogen) atoms. The number of hydrogen-bond acceptors (Lipinski definition) is 6. The molecular formula is C18H18ClN5O. The van der Waals surface area contributed by atoms with Gasteiger partial charge >= 0.3 is 0 Å². The normalized spacial score (nSPS) is 10.4. The maximum atomic E-state index is 6.14. The van der Waals surface area contributed by atoms with Crippen LogP contribution in [0.15, 0.2) is 48.9 Å². The van der Waals surface area contributed by atoms with Crippen LogP contribution in [0.4, 0.5) is 17.5 Å². The lowest BCUT2D eigenvalue weighted by Gasteiger charge is -2.13. The maximum Gasteiger partial charge on any atom is 0.229 e. The number of rotatable bonds is 6. The van der Waals surface area contributed by atoms with Gasteiger partial charge in [-0.2, -0.15) is 4.98 Å². The standard InChI is InChI=1S/C18H18ClN5O/c1-12-9-15(16(25-2)10-14(12)19)23-18-21-8-5-17(24-18)22-11-13-3-6-20-7-4-13/h3-10H,11H2,1-2H3,(H2,21,22,23,24). The van der Waals surface area contributed by atoms with Crippen molar-refractivity contribution in [1.82, 2.24) is 15.0 Å². The van der Waals surface area contributed by atoms with Crippen LogP contribution in [-0.4, -0.2) is 22.1 Å². The summed E-state index contributed by atoms with van der Waals surface area (Å²) >= 11 is 6.14. The van der Waals surface area contributed by atoms with Gasteiger partial charge in [0.05, 0.1) is 12.8 Å². The summed E-state index contributed by atoms with van der Waals surface area (Å²) in [6.45, 7) is 2.59. The number of aromatic nitrogens is 3. The van der Waals surface area contributed by atoms with Crippen molar-refractivity contribution in [3.8, 4) is 5.75 Å². The van der Waals surface area contributed by atoms with Crippen molar-refractivity contribution >= 4 is 29.1 Å². The van der Waals surface area contributed by atoms with Gasteiger partial charge in [0, 0.05) is 36.2 Å². The minimum Gasteiger partial charge on any atom is -0.495 e. The maximum absolute atomic E-state index is 6.14. The first-order valence-electron chi connectivity index (χ1n) is 7.72. The number of halogens is 1. The Morgan fingerprint density at radius 2 is 1.92 bits per heavy atom. The number of methoxy groups -OCH3 is 1. The average molecular weight is 356 g/mol. The highest BCUT2D eigenvalue weighted by molar-refractivity contribution is 6.31. The van der Waals surface area contributed by atoms with E-state index in [0.29, 0.717) is 23.3 Å². The molecule has 0 radical (unpaired) electrons. The summed E-state index contributed by atoms with van der Waals surface area (Å²) in [6.07, 6.45) is 5.22. The molecule has 6 nitrogen and oxygen atoms in total. The van der Waals surface area contributed by atoms with Gasteiger partial charge in [-0.05, 0) is 42.3 Å². The molecule has 2 N–H and O–H groups in total. The first kappa shape index (κ1) is 17.0. The molecule has 0 fully saturated rings. The van der Waals surface area contributed by atoms with Crippen LogP contribution in [0.3, 0.4) is 0 Å². The van der Waals surface area contributed by atoms with E-state index in [9.17, 15) is 0 Å². The van der Waals surface area contributed by atoms with E-state index in [2.05, 4.69) is 25.6 Å². The second-order valence-electron chi connectivity index (χ2n) is 5.40. The molecule has 0 spiro atoms. The molecule has 3 aromatic rings. The van der Waals surface area contributed by atoms with Crippen molar-refractivity contribution in [1.29, 1.82) is 0 Å². The third kappa shape index (κ3) is 4.36. The number of anilines is 3. The van der Waals surface area contributed by atoms with Crippen LogP contribution in [0.25, 0.3) is 0 Å². The Morgan fingerprint density at radius 3 is 2.68 bits per heavy atom. The van der Waals surface area contributed by atoms with E-state index >= 15 is 0 Å². The van der Waals surface area contributed by atoms with Crippen molar-refractivity contribution in [2.45, 2.75) is 13.5 Å². The fourth-order valence-electron chi connectivity index (χ4n) is 2.26. The fourth-order valence-corrected chi connectivity index (χ4v) is 2.41. The number of ether oxygens (including phenoxy) is 1. The summed E-state index contributed by atoms with van der Waals surface area (Å²) < 4.78 is 5.36. The molecule has 0 aliphatic carbocycles. The summed E-state index contributed by atoms with van der Waals surface area (Å²) in [7, 11) is 1.60. The van der Waals surface area contributed by atoms with E-state index < -0.39 is 0 Å². The largest absolute Gasteiger partial charge is 0.495 e. The summed E-state index contributed by atoms with van der Waals surface area (Å²) in [4.78, 5) is 12.7. The summed E-state index contributed by atoms with van der Waals surface area (Å²) in [5.74, 6) is 1.83. The van der Waals surface area contributed by atoms with E-state index in [1.165, 1.54) is 0 Å². The quantitative estimate of drug-likeness (QED) is 0.690. The third-order valence-corrected chi connectivity index (χ3v) is 4.01. The van der Waals surface area contributed by atoms with E-state index in [1.807, 2.05) is 31.2 Å². The number of benzene rings is 1. The Morgan fingerprint density at radius 1 is 1.12 bits per heavy atom. The molecule has 2 heterocycles. The summed E-state index contributed by atoms with van der Waals surface area (Å²) in [5, 5.41) is 7.09. The van der Waals surface area contributed by atoms with Crippen LogP contribution in [0.2, 0.25) is 5.02 Å². The molecule has 2 aromatic heterocycles. The van der Waals surface area contributed by atoms with Gasteiger partial charge in [-0.3, -0.25) is 4.98 Å². The number of nitrogens with one attached hydrogen (secondary N) is 2. The van der Waals surface area contributed by atoms with Gasteiger partial charge in [0.15, 0.2) is 0 Å². The van der Waals surface area contributed by atoms with Crippen LogP contribution < -0.4 is 15.4 Å². The molecule has 1 aromatic carbocycles. The summed E-state index contributed by atoms with van der Waals surface area (Å²) in [6, 6.07) is 9.40. The monoisotopic (exact) mass is 355 g/mol. The zero-order valence-electron chi connectivity index (χ0n) is 14.0. The first-order chi connectivity index (χ1) is 12.2. The van der Waals surface area contributed by atoms with Gasteiger partial charge in [-0.25, -0.2) is 4.98 Å². The van der Waals surface area contributed by atoms with Crippen LogP contribution >= 0.6 is 11.6 Å². The topological polar surface area (TPSA) is 72.0 Å². The van der Waals surface area contributed by atoms with E-state index in [-0.39, 0.29) is 0 Å². The minimum absolute atomic E-state index is 0.472. The van der Waals surface area contributed by atoms with Crippen LogP contribution in [0.5, 0.6) is 5.75 Å². The van der Waals surface area contributed by atoms with Crippen LogP contribution in [0, 0.1) is 6.92 Å². The lowest BCUT2D eigenvalue weighted by Crippen LogP contribution is -2.05. The molecule has 3 rings (SSSR count). The molecule has 0 aliphatic heterocycles. The molecule has 0 saturated carbocycles. The number of aryl methyl sites for hydroxylation is 1. The zero-order chi connectivity index (χ0) is 17.6. The van der Waals surface area contributed by atoms with Gasteiger partial charge in [-0.1, -0.05) is 11.6 Å². The molecule has 7 heteroatoms. The Balaban J connectivity index is 1.75. The number of hydrogen-bond donors (Lipinski definition) is 2. The van der Waals surface area contributed by atoms with Gasteiger partial charge in [0.25, 0.3) is 0 Å². The first-order valence-corrected chi connectivity index (χ1v) is 8.10. The lowest BCUT2D eigenvalue weighted by molar-refractivity contribution is 0.416. The highest BCUT2D eigenvalue weighted by Crippen LogP contribution is 2.32. The lowest BCUT2D eigenvalue weighted by atomic mass is 10.2. The van der Waals surface area contributed by atoms with Crippen molar-refractivity contribution in [2.24, 2.45) is 0 Å². The Hall–Kier alpha value is -2.86. The molecule has 0 saturated heterocycles. The predicted octanol–water partition coefficient (Wildman–Crippen LogP) is 4.20. The molecule has 128 valence electrons. The van der Waals surface area contributed by atoms with Gasteiger partial charge < -0.3 is 15.4 Å². The average Bonchev–Trinajstić information content (AvgIpc) is 2.64. The van der Waals surface area contributed by atoms with Crippen molar-refractivity contribution in [3.05, 3.63) is 65.1 Å². The van der Waals surface area contributed by atoms with E-state index in [0.717, 1.165) is 22.6 Å².